The maximum atomic E-state index is 12.7. The van der Waals surface area contributed by atoms with Gasteiger partial charge in [0.15, 0.2) is 0 Å². The smallest absolute Gasteiger partial charge is 0.418 e. The van der Waals surface area contributed by atoms with Crippen molar-refractivity contribution in [3.8, 4) is 5.75 Å². The molecule has 19 heavy (non-hydrogen) atoms. The predicted molar refractivity (Wildman–Crippen MR) is 66.8 cm³/mol. The highest BCUT2D eigenvalue weighted by Crippen LogP contribution is 2.35. The van der Waals surface area contributed by atoms with Crippen molar-refractivity contribution < 1.29 is 18.3 Å². The Morgan fingerprint density at radius 1 is 1.00 bits per heavy atom. The molecular formula is C14H12F3NO. The first kappa shape index (κ1) is 13.3. The largest absolute Gasteiger partial charge is 0.508 e. The van der Waals surface area contributed by atoms with Crippen LogP contribution in [0.1, 0.15) is 16.7 Å². The van der Waals surface area contributed by atoms with Gasteiger partial charge in [-0.2, -0.15) is 13.2 Å². The summed E-state index contributed by atoms with van der Waals surface area (Å²) in [5, 5.41) is 9.15. The van der Waals surface area contributed by atoms with Gasteiger partial charge in [-0.15, -0.1) is 0 Å². The van der Waals surface area contributed by atoms with Crippen LogP contribution in [0.2, 0.25) is 0 Å². The van der Waals surface area contributed by atoms with E-state index in [1.807, 2.05) is 0 Å². The minimum absolute atomic E-state index is 0.112. The van der Waals surface area contributed by atoms with Gasteiger partial charge < -0.3 is 10.8 Å². The van der Waals surface area contributed by atoms with Gasteiger partial charge in [0, 0.05) is 5.69 Å². The molecule has 0 aliphatic rings. The molecule has 2 rings (SSSR count). The summed E-state index contributed by atoms with van der Waals surface area (Å²) < 4.78 is 38.1. The Bertz CT molecular complexity index is 576. The van der Waals surface area contributed by atoms with Crippen LogP contribution >= 0.6 is 0 Å². The van der Waals surface area contributed by atoms with Crippen LogP contribution in [0.4, 0.5) is 18.9 Å². The number of para-hydroxylation sites is 1. The fourth-order valence-electron chi connectivity index (χ4n) is 1.85. The standard InChI is InChI=1S/C14H12F3NO/c15-14(16,17)12-3-1-2-10(13(12)18)8-9-4-6-11(19)7-5-9/h1-7,19H,8,18H2. The highest BCUT2D eigenvalue weighted by atomic mass is 19.4. The Balaban J connectivity index is 2.33. The maximum absolute atomic E-state index is 12.7. The van der Waals surface area contributed by atoms with E-state index in [1.165, 1.54) is 18.2 Å². The van der Waals surface area contributed by atoms with E-state index in [0.29, 0.717) is 5.56 Å². The number of nitrogens with two attached hydrogens (primary N) is 1. The van der Waals surface area contributed by atoms with E-state index in [-0.39, 0.29) is 17.9 Å². The average Bonchev–Trinajstić information content (AvgIpc) is 2.33. The lowest BCUT2D eigenvalue weighted by molar-refractivity contribution is -0.136. The number of hydrogen-bond acceptors (Lipinski definition) is 2. The molecule has 5 heteroatoms. The molecule has 0 radical (unpaired) electrons. The monoisotopic (exact) mass is 267 g/mol. The summed E-state index contributed by atoms with van der Waals surface area (Å²) in [6.07, 6.45) is -4.16. The first-order valence-corrected chi connectivity index (χ1v) is 5.60. The van der Waals surface area contributed by atoms with Crippen LogP contribution in [0.5, 0.6) is 5.75 Å². The summed E-state index contributed by atoms with van der Waals surface area (Å²) in [6.45, 7) is 0. The molecule has 0 unspecified atom stereocenters. The van der Waals surface area contributed by atoms with Gasteiger partial charge >= 0.3 is 6.18 Å². The quantitative estimate of drug-likeness (QED) is 0.817. The average molecular weight is 267 g/mol. The van der Waals surface area contributed by atoms with Gasteiger partial charge in [0.1, 0.15) is 5.75 Å². The van der Waals surface area contributed by atoms with Gasteiger partial charge in [-0.1, -0.05) is 24.3 Å². The van der Waals surface area contributed by atoms with E-state index in [4.69, 9.17) is 10.8 Å². The van der Waals surface area contributed by atoms with Crippen molar-refractivity contribution in [1.82, 2.24) is 0 Å². The number of halogens is 3. The van der Waals surface area contributed by atoms with Crippen molar-refractivity contribution in [2.75, 3.05) is 5.73 Å². The van der Waals surface area contributed by atoms with E-state index in [0.717, 1.165) is 11.6 Å². The van der Waals surface area contributed by atoms with Crippen molar-refractivity contribution in [2.45, 2.75) is 12.6 Å². The molecule has 0 saturated carbocycles. The summed E-state index contributed by atoms with van der Waals surface area (Å²) in [6, 6.07) is 10.1. The topological polar surface area (TPSA) is 46.2 Å². The molecule has 0 aliphatic carbocycles. The van der Waals surface area contributed by atoms with Gasteiger partial charge in [0.05, 0.1) is 5.56 Å². The second-order valence-electron chi connectivity index (χ2n) is 4.22. The Morgan fingerprint density at radius 3 is 2.21 bits per heavy atom. The number of hydrogen-bond donors (Lipinski definition) is 2. The maximum Gasteiger partial charge on any atom is 0.418 e. The number of aromatic hydroxyl groups is 1. The molecule has 0 bridgehead atoms. The van der Waals surface area contributed by atoms with Crippen LogP contribution in [-0.4, -0.2) is 5.11 Å². The number of phenols is 1. The zero-order chi connectivity index (χ0) is 14.0. The molecule has 2 aromatic carbocycles. The van der Waals surface area contributed by atoms with E-state index in [1.54, 1.807) is 18.2 Å². The normalized spacial score (nSPS) is 11.5. The van der Waals surface area contributed by atoms with E-state index >= 15 is 0 Å². The van der Waals surface area contributed by atoms with Gasteiger partial charge in [0.25, 0.3) is 0 Å². The van der Waals surface area contributed by atoms with E-state index < -0.39 is 11.7 Å². The molecule has 0 saturated heterocycles. The molecule has 0 aromatic heterocycles. The third kappa shape index (κ3) is 2.99. The SMILES string of the molecule is Nc1c(Cc2ccc(O)cc2)cccc1C(F)(F)F. The van der Waals surface area contributed by atoms with Crippen molar-refractivity contribution >= 4 is 5.69 Å². The molecule has 0 spiro atoms. The number of rotatable bonds is 2. The Kier molecular flexibility index (Phi) is 3.38. The van der Waals surface area contributed by atoms with Gasteiger partial charge in [-0.3, -0.25) is 0 Å². The van der Waals surface area contributed by atoms with Gasteiger partial charge in [-0.05, 0) is 35.7 Å². The molecule has 2 nitrogen and oxygen atoms in total. The summed E-state index contributed by atoms with van der Waals surface area (Å²) in [7, 11) is 0. The van der Waals surface area contributed by atoms with Crippen LogP contribution in [0, 0.1) is 0 Å². The summed E-state index contributed by atoms with van der Waals surface area (Å²) in [5.41, 5.74) is 5.71. The second kappa shape index (κ2) is 4.84. The number of phenolic OH excluding ortho intramolecular Hbond substituents is 1. The minimum atomic E-state index is -4.45. The fraction of sp³-hybridized carbons (Fsp3) is 0.143. The molecule has 0 heterocycles. The molecule has 0 aliphatic heterocycles. The molecule has 2 aromatic rings. The van der Waals surface area contributed by atoms with Crippen molar-refractivity contribution in [3.05, 3.63) is 59.2 Å². The number of benzene rings is 2. The van der Waals surface area contributed by atoms with Crippen LogP contribution < -0.4 is 5.73 Å². The Morgan fingerprint density at radius 2 is 1.63 bits per heavy atom. The number of nitrogen functional groups attached to an aromatic ring is 1. The highest BCUT2D eigenvalue weighted by Gasteiger charge is 2.33. The lowest BCUT2D eigenvalue weighted by atomic mass is 10.00. The van der Waals surface area contributed by atoms with Crippen LogP contribution in [-0.2, 0) is 12.6 Å². The van der Waals surface area contributed by atoms with E-state index in [2.05, 4.69) is 0 Å². The Labute approximate surface area is 108 Å². The zero-order valence-electron chi connectivity index (χ0n) is 9.91. The van der Waals surface area contributed by atoms with Gasteiger partial charge in [-0.25, -0.2) is 0 Å². The molecular weight excluding hydrogens is 255 g/mol. The molecule has 0 atom stereocenters. The van der Waals surface area contributed by atoms with Crippen molar-refractivity contribution in [1.29, 1.82) is 0 Å². The molecule has 0 amide bonds. The minimum Gasteiger partial charge on any atom is -0.508 e. The zero-order valence-corrected chi connectivity index (χ0v) is 9.91. The lowest BCUT2D eigenvalue weighted by Gasteiger charge is -2.13. The third-order valence-corrected chi connectivity index (χ3v) is 2.83. The summed E-state index contributed by atoms with van der Waals surface area (Å²) in [4.78, 5) is 0. The number of anilines is 1. The van der Waals surface area contributed by atoms with Crippen molar-refractivity contribution in [3.63, 3.8) is 0 Å². The Hall–Kier alpha value is -2.17. The van der Waals surface area contributed by atoms with Crippen molar-refractivity contribution in [2.24, 2.45) is 0 Å². The summed E-state index contributed by atoms with van der Waals surface area (Å²) >= 11 is 0. The first-order valence-electron chi connectivity index (χ1n) is 5.60. The second-order valence-corrected chi connectivity index (χ2v) is 4.22. The molecule has 100 valence electrons. The number of alkyl halides is 3. The lowest BCUT2D eigenvalue weighted by Crippen LogP contribution is -2.10. The van der Waals surface area contributed by atoms with Gasteiger partial charge in [0.2, 0.25) is 0 Å². The first-order chi connectivity index (χ1) is 8.88. The molecule has 3 N–H and O–H groups in total. The third-order valence-electron chi connectivity index (χ3n) is 2.83. The van der Waals surface area contributed by atoms with Crippen LogP contribution in [0.25, 0.3) is 0 Å². The summed E-state index contributed by atoms with van der Waals surface area (Å²) in [5.74, 6) is 0.112. The molecule has 0 fully saturated rings. The fourth-order valence-corrected chi connectivity index (χ4v) is 1.85. The van der Waals surface area contributed by atoms with Crippen LogP contribution in [0.15, 0.2) is 42.5 Å². The van der Waals surface area contributed by atoms with Crippen LogP contribution in [0.3, 0.4) is 0 Å². The van der Waals surface area contributed by atoms with E-state index in [9.17, 15) is 13.2 Å². The predicted octanol–water partition coefficient (Wildman–Crippen LogP) is 3.58. The highest BCUT2D eigenvalue weighted by molar-refractivity contribution is 5.56.